The van der Waals surface area contributed by atoms with Gasteiger partial charge >= 0.3 is 7.60 Å². The van der Waals surface area contributed by atoms with Crippen LogP contribution in [0, 0.1) is 27.7 Å². The zero-order valence-corrected chi connectivity index (χ0v) is 15.6. The fraction of sp³-hybridized carbons (Fsp3) is 0.368. The molecule has 0 fully saturated rings. The van der Waals surface area contributed by atoms with Crippen LogP contribution in [0.1, 0.15) is 36.1 Å². The van der Waals surface area contributed by atoms with Crippen molar-refractivity contribution in [3.63, 3.8) is 0 Å². The summed E-state index contributed by atoms with van der Waals surface area (Å²) in [7, 11) is -3.33. The van der Waals surface area contributed by atoms with Gasteiger partial charge in [0.15, 0.2) is 0 Å². The zero-order chi connectivity index (χ0) is 17.2. The largest absolute Gasteiger partial charge is 0.433 e. The molecule has 124 valence electrons. The minimum absolute atomic E-state index is 0.248. The summed E-state index contributed by atoms with van der Waals surface area (Å²) in [5.74, 6) is 1.24. The van der Waals surface area contributed by atoms with Gasteiger partial charge in [0.2, 0.25) is 0 Å². The van der Waals surface area contributed by atoms with Gasteiger partial charge in [-0.3, -0.25) is 0 Å². The standard InChI is InChI=1S/C19H25O3P/c1-13(2)23(20,21-18-11-7-9-14(3)16(18)5)22-19-12-8-10-15(4)17(19)6/h7-13H,1-6H3. The van der Waals surface area contributed by atoms with E-state index in [0.29, 0.717) is 11.5 Å². The fourth-order valence-electron chi connectivity index (χ4n) is 2.15. The van der Waals surface area contributed by atoms with E-state index in [1.807, 2.05) is 77.9 Å². The summed E-state index contributed by atoms with van der Waals surface area (Å²) in [6.07, 6.45) is 0. The van der Waals surface area contributed by atoms with E-state index in [4.69, 9.17) is 9.05 Å². The molecule has 0 aliphatic rings. The molecule has 0 unspecified atom stereocenters. The monoisotopic (exact) mass is 332 g/mol. The van der Waals surface area contributed by atoms with Crippen LogP contribution in [0.3, 0.4) is 0 Å². The minimum Gasteiger partial charge on any atom is -0.416 e. The van der Waals surface area contributed by atoms with Crippen molar-refractivity contribution in [2.75, 3.05) is 0 Å². The van der Waals surface area contributed by atoms with Crippen molar-refractivity contribution in [3.05, 3.63) is 58.7 Å². The maximum atomic E-state index is 13.3. The van der Waals surface area contributed by atoms with Crippen molar-refractivity contribution in [2.24, 2.45) is 0 Å². The van der Waals surface area contributed by atoms with Crippen LogP contribution < -0.4 is 9.05 Å². The molecule has 0 aliphatic heterocycles. The van der Waals surface area contributed by atoms with Gasteiger partial charge in [-0.1, -0.05) is 24.3 Å². The molecule has 2 aromatic rings. The molecule has 2 rings (SSSR count). The molecule has 0 bridgehead atoms. The molecular weight excluding hydrogens is 307 g/mol. The third-order valence-electron chi connectivity index (χ3n) is 4.19. The molecule has 0 aliphatic carbocycles. The normalized spacial score (nSPS) is 11.6. The number of hydrogen-bond donors (Lipinski definition) is 0. The van der Waals surface area contributed by atoms with Crippen LogP contribution in [0.4, 0.5) is 0 Å². The Morgan fingerprint density at radius 2 is 1.17 bits per heavy atom. The Kier molecular flexibility index (Phi) is 5.21. The number of hydrogen-bond acceptors (Lipinski definition) is 3. The van der Waals surface area contributed by atoms with Crippen molar-refractivity contribution in [3.8, 4) is 11.5 Å². The highest BCUT2D eigenvalue weighted by molar-refractivity contribution is 7.55. The lowest BCUT2D eigenvalue weighted by atomic mass is 10.1. The molecule has 4 heteroatoms. The summed E-state index contributed by atoms with van der Waals surface area (Å²) in [4.78, 5) is 0. The molecule has 0 atom stereocenters. The predicted molar refractivity (Wildman–Crippen MR) is 95.8 cm³/mol. The van der Waals surface area contributed by atoms with E-state index >= 15 is 0 Å². The minimum atomic E-state index is -3.33. The molecule has 0 spiro atoms. The first kappa shape index (κ1) is 17.6. The van der Waals surface area contributed by atoms with E-state index in [9.17, 15) is 4.57 Å². The first-order valence-electron chi connectivity index (χ1n) is 7.86. The van der Waals surface area contributed by atoms with E-state index < -0.39 is 7.60 Å². The molecule has 2 aromatic carbocycles. The number of benzene rings is 2. The van der Waals surface area contributed by atoms with Crippen molar-refractivity contribution >= 4 is 7.60 Å². The lowest BCUT2D eigenvalue weighted by Gasteiger charge is -2.25. The van der Waals surface area contributed by atoms with Crippen LogP contribution in [0.5, 0.6) is 11.5 Å². The van der Waals surface area contributed by atoms with E-state index in [-0.39, 0.29) is 5.66 Å². The van der Waals surface area contributed by atoms with Crippen molar-refractivity contribution in [2.45, 2.75) is 47.2 Å². The van der Waals surface area contributed by atoms with Gasteiger partial charge in [-0.15, -0.1) is 0 Å². The van der Waals surface area contributed by atoms with Gasteiger partial charge in [0.1, 0.15) is 11.5 Å². The first-order chi connectivity index (χ1) is 10.7. The quantitative estimate of drug-likeness (QED) is 0.632. The summed E-state index contributed by atoms with van der Waals surface area (Å²) in [5, 5.41) is 0. The van der Waals surface area contributed by atoms with Gasteiger partial charge in [-0.05, 0) is 75.9 Å². The summed E-state index contributed by atoms with van der Waals surface area (Å²) >= 11 is 0. The van der Waals surface area contributed by atoms with Gasteiger partial charge in [0.05, 0.1) is 5.66 Å². The third kappa shape index (κ3) is 3.79. The maximum Gasteiger partial charge on any atom is 0.433 e. The topological polar surface area (TPSA) is 35.5 Å². The second kappa shape index (κ2) is 6.80. The van der Waals surface area contributed by atoms with Crippen LogP contribution >= 0.6 is 7.60 Å². The van der Waals surface area contributed by atoms with Gasteiger partial charge in [0, 0.05) is 0 Å². The van der Waals surface area contributed by atoms with Crippen molar-refractivity contribution in [1.82, 2.24) is 0 Å². The Morgan fingerprint density at radius 3 is 1.52 bits per heavy atom. The summed E-state index contributed by atoms with van der Waals surface area (Å²) in [5.41, 5.74) is 3.92. The Hall–Kier alpha value is -1.73. The van der Waals surface area contributed by atoms with Crippen LogP contribution in [-0.4, -0.2) is 5.66 Å². The zero-order valence-electron chi connectivity index (χ0n) is 14.7. The average Bonchev–Trinajstić information content (AvgIpc) is 2.48. The van der Waals surface area contributed by atoms with Crippen LogP contribution in [0.15, 0.2) is 36.4 Å². The summed E-state index contributed by atoms with van der Waals surface area (Å²) in [6, 6.07) is 11.5. The number of rotatable bonds is 5. The lowest BCUT2D eigenvalue weighted by molar-refractivity contribution is 0.374. The Labute approximate surface area is 139 Å². The SMILES string of the molecule is Cc1cccc(OP(=O)(Oc2cccc(C)c2C)C(C)C)c1C. The van der Waals surface area contributed by atoms with Crippen LogP contribution in [-0.2, 0) is 4.57 Å². The van der Waals surface area contributed by atoms with E-state index in [2.05, 4.69) is 0 Å². The summed E-state index contributed by atoms with van der Waals surface area (Å²) < 4.78 is 25.1. The average molecular weight is 332 g/mol. The molecule has 0 radical (unpaired) electrons. The van der Waals surface area contributed by atoms with Crippen LogP contribution in [0.25, 0.3) is 0 Å². The predicted octanol–water partition coefficient (Wildman–Crippen LogP) is 5.98. The Balaban J connectivity index is 2.38. The van der Waals surface area contributed by atoms with Gasteiger partial charge in [0.25, 0.3) is 0 Å². The fourth-order valence-corrected chi connectivity index (χ4v) is 3.55. The molecule has 3 nitrogen and oxygen atoms in total. The van der Waals surface area contributed by atoms with Crippen LogP contribution in [0.2, 0.25) is 0 Å². The third-order valence-corrected chi connectivity index (χ3v) is 6.36. The Bertz CT molecular complexity index is 693. The molecular formula is C19H25O3P. The van der Waals surface area contributed by atoms with E-state index in [0.717, 1.165) is 22.3 Å². The van der Waals surface area contributed by atoms with Crippen molar-refractivity contribution in [1.29, 1.82) is 0 Å². The highest BCUT2D eigenvalue weighted by atomic mass is 31.2. The molecule has 0 saturated heterocycles. The maximum absolute atomic E-state index is 13.3. The van der Waals surface area contributed by atoms with Gasteiger partial charge in [-0.2, -0.15) is 0 Å². The number of aryl methyl sites for hydroxylation is 2. The molecule has 0 saturated carbocycles. The van der Waals surface area contributed by atoms with E-state index in [1.165, 1.54) is 0 Å². The first-order valence-corrected chi connectivity index (χ1v) is 9.47. The molecule has 23 heavy (non-hydrogen) atoms. The molecule has 0 amide bonds. The van der Waals surface area contributed by atoms with Crippen molar-refractivity contribution < 1.29 is 13.6 Å². The highest BCUT2D eigenvalue weighted by Gasteiger charge is 2.34. The highest BCUT2D eigenvalue weighted by Crippen LogP contribution is 2.53. The van der Waals surface area contributed by atoms with Gasteiger partial charge in [-0.25, -0.2) is 4.57 Å². The van der Waals surface area contributed by atoms with E-state index in [1.54, 1.807) is 0 Å². The second-order valence-electron chi connectivity index (χ2n) is 6.21. The smallest absolute Gasteiger partial charge is 0.416 e. The second-order valence-corrected chi connectivity index (χ2v) is 8.69. The summed E-state index contributed by atoms with van der Waals surface area (Å²) in [6.45, 7) is 11.7. The molecule has 0 aromatic heterocycles. The molecule has 0 N–H and O–H groups in total. The molecule has 0 heterocycles. The van der Waals surface area contributed by atoms with Gasteiger partial charge < -0.3 is 9.05 Å². The lowest BCUT2D eigenvalue weighted by Crippen LogP contribution is -2.12. The Morgan fingerprint density at radius 1 is 0.783 bits per heavy atom.